The van der Waals surface area contributed by atoms with E-state index in [0.29, 0.717) is 40.2 Å². The molecule has 8 aromatic heterocycles. The quantitative estimate of drug-likeness (QED) is 0.197. The maximum Gasteiger partial charge on any atom is 0.270 e. The van der Waals surface area contributed by atoms with Gasteiger partial charge < -0.3 is 22.0 Å². The molecule has 0 aromatic carbocycles. The number of nitrogens with zero attached hydrogens (tertiary/aromatic N) is 9. The van der Waals surface area contributed by atoms with Crippen LogP contribution in [-0.2, 0) is 0 Å². The molecule has 0 aliphatic carbocycles. The first-order valence-electron chi connectivity index (χ1n) is 14.8. The van der Waals surface area contributed by atoms with E-state index in [4.69, 9.17) is 23.8 Å². The van der Waals surface area contributed by atoms with Crippen molar-refractivity contribution in [1.82, 2.24) is 38.7 Å². The minimum absolute atomic E-state index is 0.199. The molecular formula is C36H26N12O. The van der Waals surface area contributed by atoms with Crippen molar-refractivity contribution in [3.05, 3.63) is 139 Å². The van der Waals surface area contributed by atoms with Crippen LogP contribution in [0.25, 0.3) is 61.2 Å². The van der Waals surface area contributed by atoms with Gasteiger partial charge in [0.05, 0.1) is 34.8 Å². The summed E-state index contributed by atoms with van der Waals surface area (Å²) in [6.07, 6.45) is 14.2. The molecule has 6 N–H and O–H groups in total. The third-order valence-corrected chi connectivity index (χ3v) is 7.55. The van der Waals surface area contributed by atoms with Gasteiger partial charge in [-0.1, -0.05) is 30.8 Å². The molecule has 1 amide bonds. The van der Waals surface area contributed by atoms with Gasteiger partial charge in [0.15, 0.2) is 17.3 Å². The molecule has 8 aromatic rings. The van der Waals surface area contributed by atoms with Crippen LogP contribution < -0.4 is 17.2 Å². The van der Waals surface area contributed by atoms with Crippen molar-refractivity contribution in [1.29, 1.82) is 0 Å². The van der Waals surface area contributed by atoms with Gasteiger partial charge in [0.1, 0.15) is 11.4 Å². The lowest BCUT2D eigenvalue weighted by atomic mass is 10.1. The predicted octanol–water partition coefficient (Wildman–Crippen LogP) is 5.73. The first-order chi connectivity index (χ1) is 23.9. The Kier molecular flexibility index (Phi) is 7.85. The molecule has 0 aliphatic heterocycles. The summed E-state index contributed by atoms with van der Waals surface area (Å²) >= 11 is 0. The summed E-state index contributed by atoms with van der Waals surface area (Å²) in [6.45, 7) is 7.11. The Morgan fingerprint density at radius 2 is 1.16 bits per heavy atom. The number of hydrogen-bond acceptors (Lipinski definition) is 9. The average Bonchev–Trinajstić information content (AvgIpc) is 3.76. The van der Waals surface area contributed by atoms with E-state index in [1.54, 1.807) is 61.4 Å². The Bertz CT molecular complexity index is 2550. The van der Waals surface area contributed by atoms with Crippen LogP contribution in [0.1, 0.15) is 10.5 Å². The fourth-order valence-corrected chi connectivity index (χ4v) is 5.24. The van der Waals surface area contributed by atoms with Gasteiger partial charge in [0, 0.05) is 59.4 Å². The number of pyridine rings is 6. The number of nitrogen functional groups attached to an aromatic ring is 2. The molecule has 13 nitrogen and oxygen atoms in total. The normalized spacial score (nSPS) is 10.8. The molecule has 8 rings (SSSR count). The van der Waals surface area contributed by atoms with Crippen LogP contribution in [0.2, 0.25) is 0 Å². The van der Waals surface area contributed by atoms with Crippen molar-refractivity contribution in [3.63, 3.8) is 0 Å². The van der Waals surface area contributed by atoms with Crippen LogP contribution in [0.15, 0.2) is 122 Å². The van der Waals surface area contributed by atoms with E-state index in [-0.39, 0.29) is 5.69 Å². The summed E-state index contributed by atoms with van der Waals surface area (Å²) in [5.41, 5.74) is 25.2. The fraction of sp³-hybridized carbons (Fsp3) is 0. The number of carbonyl (C=O) groups excluding carboxylic acids is 1. The molecular weight excluding hydrogens is 616 g/mol. The van der Waals surface area contributed by atoms with Gasteiger partial charge in [-0.15, -0.1) is 4.98 Å². The number of carbonyl (C=O) groups is 1. The number of primary amides is 1. The smallest absolute Gasteiger partial charge is 0.270 e. The summed E-state index contributed by atoms with van der Waals surface area (Å²) in [4.78, 5) is 40.5. The number of hydrogen-bond donors (Lipinski definition) is 3. The van der Waals surface area contributed by atoms with E-state index in [0.717, 1.165) is 33.3 Å². The van der Waals surface area contributed by atoms with Gasteiger partial charge >= 0.3 is 0 Å². The zero-order chi connectivity index (χ0) is 33.9. The largest absolute Gasteiger partial charge is 0.397 e. The van der Waals surface area contributed by atoms with Gasteiger partial charge in [-0.2, -0.15) is 0 Å². The van der Waals surface area contributed by atoms with Crippen molar-refractivity contribution in [2.24, 2.45) is 5.73 Å². The molecule has 0 saturated carbocycles. The first kappa shape index (κ1) is 30.2. The number of anilines is 2. The Hall–Kier alpha value is -7.46. The van der Waals surface area contributed by atoms with E-state index in [9.17, 15) is 4.79 Å². The lowest BCUT2D eigenvalue weighted by molar-refractivity contribution is 0.0995. The zero-order valence-corrected chi connectivity index (χ0v) is 25.7. The molecule has 0 aliphatic rings. The number of imidazole rings is 2. The van der Waals surface area contributed by atoms with Gasteiger partial charge in [-0.05, 0) is 48.5 Å². The van der Waals surface area contributed by atoms with Crippen molar-refractivity contribution < 1.29 is 4.79 Å². The number of amides is 1. The standard InChI is InChI=1S/C18H14N6O.C18H12N6/c19-13-6-12(7-21-8-13)11-4-5-14-9-22-18(24(14)10-11)16-3-1-2-15(23-16)17(20)25;1-20-17-4-2-3-16(23-17)18-22-10-15-6-5-12(11-24(15)18)13-7-14(19)9-21-8-13/h1-10H,19H2,(H2,20,25);2-11H,19H2. The number of nitrogens with two attached hydrogens (primary N) is 3. The second kappa shape index (κ2) is 12.7. The van der Waals surface area contributed by atoms with Crippen LogP contribution in [0.4, 0.5) is 17.2 Å². The summed E-state index contributed by atoms with van der Waals surface area (Å²) in [5, 5.41) is 0. The monoisotopic (exact) mass is 642 g/mol. The molecule has 0 bridgehead atoms. The highest BCUT2D eigenvalue weighted by atomic mass is 16.1. The van der Waals surface area contributed by atoms with Gasteiger partial charge in [0.25, 0.3) is 11.7 Å². The van der Waals surface area contributed by atoms with Crippen molar-refractivity contribution >= 4 is 34.1 Å². The molecule has 49 heavy (non-hydrogen) atoms. The van der Waals surface area contributed by atoms with Crippen LogP contribution in [0, 0.1) is 6.57 Å². The third kappa shape index (κ3) is 6.20. The van der Waals surface area contributed by atoms with Crippen LogP contribution in [-0.4, -0.2) is 44.6 Å². The van der Waals surface area contributed by atoms with Gasteiger partial charge in [0.2, 0.25) is 0 Å². The highest BCUT2D eigenvalue weighted by Crippen LogP contribution is 2.27. The zero-order valence-electron chi connectivity index (χ0n) is 25.7. The minimum Gasteiger partial charge on any atom is -0.397 e. The molecule has 236 valence electrons. The van der Waals surface area contributed by atoms with Crippen molar-refractivity contribution in [2.45, 2.75) is 0 Å². The summed E-state index contributed by atoms with van der Waals surface area (Å²) in [7, 11) is 0. The molecule has 8 heterocycles. The van der Waals surface area contributed by atoms with E-state index in [1.165, 1.54) is 0 Å². The number of aromatic nitrogens is 8. The summed E-state index contributed by atoms with van der Waals surface area (Å²) in [6, 6.07) is 22.1. The molecule has 0 radical (unpaired) electrons. The maximum absolute atomic E-state index is 11.4. The molecule has 0 fully saturated rings. The van der Waals surface area contributed by atoms with Gasteiger partial charge in [-0.3, -0.25) is 23.6 Å². The lowest BCUT2D eigenvalue weighted by Gasteiger charge is -2.06. The Labute approximate surface area is 279 Å². The summed E-state index contributed by atoms with van der Waals surface area (Å²) < 4.78 is 3.86. The molecule has 0 atom stereocenters. The minimum atomic E-state index is -0.575. The van der Waals surface area contributed by atoms with Crippen LogP contribution in [0.3, 0.4) is 0 Å². The van der Waals surface area contributed by atoms with Crippen LogP contribution >= 0.6 is 0 Å². The molecule has 0 saturated heterocycles. The summed E-state index contributed by atoms with van der Waals surface area (Å²) in [5.74, 6) is 1.08. The highest BCUT2D eigenvalue weighted by molar-refractivity contribution is 5.91. The third-order valence-electron chi connectivity index (χ3n) is 7.55. The maximum atomic E-state index is 11.4. The Morgan fingerprint density at radius 3 is 1.67 bits per heavy atom. The van der Waals surface area contributed by atoms with Crippen molar-refractivity contribution in [2.75, 3.05) is 11.5 Å². The fourth-order valence-electron chi connectivity index (χ4n) is 5.24. The van der Waals surface area contributed by atoms with Crippen molar-refractivity contribution in [3.8, 4) is 45.3 Å². The highest BCUT2D eigenvalue weighted by Gasteiger charge is 2.14. The topological polar surface area (TPSA) is 186 Å². The van der Waals surface area contributed by atoms with Gasteiger partial charge in [-0.25, -0.2) is 15.0 Å². The SMILES string of the molecule is NC(=O)c1cccc(-c2ncc3ccc(-c4cncc(N)c4)cn23)n1.[C-]#[N+]c1cccc(-c2ncc3ccc(-c4cncc(N)c4)cn23)n1. The predicted molar refractivity (Wildman–Crippen MR) is 187 cm³/mol. The van der Waals surface area contributed by atoms with Crippen LogP contribution in [0.5, 0.6) is 0 Å². The Balaban J connectivity index is 0.000000154. The first-order valence-corrected chi connectivity index (χ1v) is 14.8. The molecule has 0 spiro atoms. The average molecular weight is 643 g/mol. The van der Waals surface area contributed by atoms with E-state index >= 15 is 0 Å². The molecule has 13 heteroatoms. The van der Waals surface area contributed by atoms with E-state index in [1.807, 2.05) is 69.7 Å². The Morgan fingerprint density at radius 1 is 0.633 bits per heavy atom. The molecule has 0 unspecified atom stereocenters. The second-order valence-electron chi connectivity index (χ2n) is 10.9. The van der Waals surface area contributed by atoms with E-state index in [2.05, 4.69) is 34.7 Å². The number of fused-ring (bicyclic) bond motifs is 2. The van der Waals surface area contributed by atoms with E-state index < -0.39 is 5.91 Å². The second-order valence-corrected chi connectivity index (χ2v) is 10.9. The lowest BCUT2D eigenvalue weighted by Crippen LogP contribution is -2.13. The number of rotatable bonds is 5.